The van der Waals surface area contributed by atoms with E-state index in [1.807, 2.05) is 30.3 Å². The highest BCUT2D eigenvalue weighted by Gasteiger charge is 2.14. The Morgan fingerprint density at radius 3 is 2.70 bits per heavy atom. The van der Waals surface area contributed by atoms with Gasteiger partial charge in [-0.1, -0.05) is 30.0 Å². The molecule has 0 bridgehead atoms. The number of thioether (sulfide) groups is 1. The van der Waals surface area contributed by atoms with Crippen LogP contribution in [0.15, 0.2) is 66.1 Å². The van der Waals surface area contributed by atoms with Crippen molar-refractivity contribution in [2.24, 2.45) is 0 Å². The lowest BCUT2D eigenvalue weighted by atomic mass is 10.2. The number of nitrogens with zero attached hydrogens (tertiary/aromatic N) is 4. The molecule has 8 nitrogen and oxygen atoms in total. The summed E-state index contributed by atoms with van der Waals surface area (Å²) in [6, 6.07) is 15.0. The van der Waals surface area contributed by atoms with Gasteiger partial charge in [-0.3, -0.25) is 4.79 Å². The maximum Gasteiger partial charge on any atom is 0.234 e. The van der Waals surface area contributed by atoms with Gasteiger partial charge in [-0.25, -0.2) is 14.6 Å². The Morgan fingerprint density at radius 1 is 1.10 bits per heavy atom. The molecule has 4 aromatic rings. The number of methoxy groups -OCH3 is 2. The van der Waals surface area contributed by atoms with Gasteiger partial charge in [-0.2, -0.15) is 5.10 Å². The predicted octanol–water partition coefficient (Wildman–Crippen LogP) is 3.56. The molecule has 9 heteroatoms. The van der Waals surface area contributed by atoms with Crippen LogP contribution >= 0.6 is 11.8 Å². The van der Waals surface area contributed by atoms with E-state index in [1.165, 1.54) is 18.1 Å². The third-order valence-corrected chi connectivity index (χ3v) is 5.36. The summed E-state index contributed by atoms with van der Waals surface area (Å²) in [5.74, 6) is 1.18. The van der Waals surface area contributed by atoms with Crippen LogP contribution in [0.3, 0.4) is 0 Å². The third kappa shape index (κ3) is 4.06. The minimum absolute atomic E-state index is 0.175. The number of para-hydroxylation sites is 1. The molecule has 0 saturated carbocycles. The van der Waals surface area contributed by atoms with Gasteiger partial charge in [-0.05, 0) is 24.3 Å². The van der Waals surface area contributed by atoms with Crippen molar-refractivity contribution in [2.45, 2.75) is 5.03 Å². The van der Waals surface area contributed by atoms with E-state index in [2.05, 4.69) is 20.4 Å². The minimum Gasteiger partial charge on any atom is -0.497 e. The van der Waals surface area contributed by atoms with E-state index in [0.717, 1.165) is 11.1 Å². The van der Waals surface area contributed by atoms with E-state index in [1.54, 1.807) is 43.3 Å². The molecule has 0 radical (unpaired) electrons. The second-order valence-corrected chi connectivity index (χ2v) is 7.18. The number of anilines is 1. The summed E-state index contributed by atoms with van der Waals surface area (Å²) in [4.78, 5) is 21.2. The minimum atomic E-state index is -0.175. The van der Waals surface area contributed by atoms with Crippen LogP contribution < -0.4 is 14.8 Å². The van der Waals surface area contributed by atoms with Crippen LogP contribution in [0.5, 0.6) is 11.5 Å². The molecule has 152 valence electrons. The van der Waals surface area contributed by atoms with E-state index in [-0.39, 0.29) is 11.7 Å². The van der Waals surface area contributed by atoms with Crippen LogP contribution in [0.4, 0.5) is 5.69 Å². The van der Waals surface area contributed by atoms with Crippen LogP contribution in [-0.4, -0.2) is 45.6 Å². The van der Waals surface area contributed by atoms with Gasteiger partial charge in [0.05, 0.1) is 42.9 Å². The average Bonchev–Trinajstić information content (AvgIpc) is 3.23. The number of rotatable bonds is 7. The molecule has 0 unspecified atom stereocenters. The zero-order valence-corrected chi connectivity index (χ0v) is 17.2. The summed E-state index contributed by atoms with van der Waals surface area (Å²) in [6.07, 6.45) is 3.20. The number of nitrogens with one attached hydrogen (secondary N) is 1. The number of ether oxygens (including phenoxy) is 2. The van der Waals surface area contributed by atoms with E-state index >= 15 is 0 Å². The molecule has 1 amide bonds. The van der Waals surface area contributed by atoms with Crippen molar-refractivity contribution in [3.05, 3.63) is 61.1 Å². The predicted molar refractivity (Wildman–Crippen MR) is 116 cm³/mol. The fraction of sp³-hybridized carbons (Fsp3) is 0.143. The maximum absolute atomic E-state index is 12.5. The highest BCUT2D eigenvalue weighted by Crippen LogP contribution is 2.30. The molecule has 2 aromatic heterocycles. The summed E-state index contributed by atoms with van der Waals surface area (Å²) in [7, 11) is 3.12. The van der Waals surface area contributed by atoms with Crippen LogP contribution in [0, 0.1) is 0 Å². The Bertz CT molecular complexity index is 1180. The maximum atomic E-state index is 12.5. The lowest BCUT2D eigenvalue weighted by molar-refractivity contribution is -0.113. The molecule has 0 saturated heterocycles. The lowest BCUT2D eigenvalue weighted by Gasteiger charge is -2.11. The Balaban J connectivity index is 1.49. The number of aromatic nitrogens is 4. The van der Waals surface area contributed by atoms with E-state index in [4.69, 9.17) is 9.47 Å². The fourth-order valence-electron chi connectivity index (χ4n) is 2.92. The second kappa shape index (κ2) is 8.83. The summed E-state index contributed by atoms with van der Waals surface area (Å²) >= 11 is 1.32. The SMILES string of the molecule is COc1ccc(NC(=O)CSc2ncnc3c2cnn3-c2ccccc2)c(OC)c1. The number of carbonyl (C=O) groups excluding carboxylic acids is 1. The molecule has 1 N–H and O–H groups in total. The molecule has 2 heterocycles. The average molecular weight is 421 g/mol. The van der Waals surface area contributed by atoms with Crippen LogP contribution in [0.1, 0.15) is 0 Å². The van der Waals surface area contributed by atoms with Crippen molar-refractivity contribution in [1.29, 1.82) is 0 Å². The number of hydrogen-bond acceptors (Lipinski definition) is 7. The van der Waals surface area contributed by atoms with Crippen LogP contribution in [0.2, 0.25) is 0 Å². The molecular weight excluding hydrogens is 402 g/mol. The molecule has 2 aromatic carbocycles. The first-order chi connectivity index (χ1) is 14.7. The molecule has 4 rings (SSSR count). The molecule has 0 fully saturated rings. The highest BCUT2D eigenvalue weighted by molar-refractivity contribution is 8.00. The Morgan fingerprint density at radius 2 is 1.93 bits per heavy atom. The summed E-state index contributed by atoms with van der Waals surface area (Å²) in [6.45, 7) is 0. The largest absolute Gasteiger partial charge is 0.497 e. The molecule has 0 atom stereocenters. The lowest BCUT2D eigenvalue weighted by Crippen LogP contribution is -2.14. The van der Waals surface area contributed by atoms with Crippen molar-refractivity contribution < 1.29 is 14.3 Å². The second-order valence-electron chi connectivity index (χ2n) is 6.21. The molecule has 0 spiro atoms. The van der Waals surface area contributed by atoms with Crippen molar-refractivity contribution in [2.75, 3.05) is 25.3 Å². The van der Waals surface area contributed by atoms with E-state index in [9.17, 15) is 4.79 Å². The number of hydrogen-bond donors (Lipinski definition) is 1. The van der Waals surface area contributed by atoms with Gasteiger partial charge in [0, 0.05) is 6.07 Å². The molecular formula is C21H19N5O3S. The highest BCUT2D eigenvalue weighted by atomic mass is 32.2. The van der Waals surface area contributed by atoms with Gasteiger partial charge in [0.1, 0.15) is 22.9 Å². The summed E-state index contributed by atoms with van der Waals surface area (Å²) < 4.78 is 12.3. The number of amides is 1. The van der Waals surface area contributed by atoms with Crippen molar-refractivity contribution >= 4 is 34.4 Å². The van der Waals surface area contributed by atoms with Gasteiger partial charge in [0.25, 0.3) is 0 Å². The first kappa shape index (κ1) is 19.7. The van der Waals surface area contributed by atoms with Gasteiger partial charge >= 0.3 is 0 Å². The molecule has 0 aliphatic rings. The van der Waals surface area contributed by atoms with Gasteiger partial charge in [0.2, 0.25) is 5.91 Å². The van der Waals surface area contributed by atoms with E-state index < -0.39 is 0 Å². The normalized spacial score (nSPS) is 10.7. The van der Waals surface area contributed by atoms with E-state index in [0.29, 0.717) is 27.9 Å². The van der Waals surface area contributed by atoms with Gasteiger partial charge < -0.3 is 14.8 Å². The number of carbonyl (C=O) groups is 1. The summed E-state index contributed by atoms with van der Waals surface area (Å²) in [5.41, 5.74) is 2.18. The molecule has 0 aliphatic heterocycles. The van der Waals surface area contributed by atoms with Crippen molar-refractivity contribution in [3.63, 3.8) is 0 Å². The quantitative estimate of drug-likeness (QED) is 0.360. The topological polar surface area (TPSA) is 91.2 Å². The Hall–Kier alpha value is -3.59. The van der Waals surface area contributed by atoms with Gasteiger partial charge in [0.15, 0.2) is 5.65 Å². The Labute approximate surface area is 177 Å². The van der Waals surface area contributed by atoms with Crippen molar-refractivity contribution in [3.8, 4) is 17.2 Å². The molecule has 30 heavy (non-hydrogen) atoms. The zero-order chi connectivity index (χ0) is 20.9. The van der Waals surface area contributed by atoms with Crippen molar-refractivity contribution in [1.82, 2.24) is 19.7 Å². The number of benzene rings is 2. The zero-order valence-electron chi connectivity index (χ0n) is 16.4. The smallest absolute Gasteiger partial charge is 0.234 e. The third-order valence-electron chi connectivity index (χ3n) is 4.35. The standard InChI is InChI=1S/C21H19N5O3S/c1-28-15-8-9-17(18(10-15)29-2)25-19(27)12-30-21-16-11-24-26(20(16)22-13-23-21)14-6-4-3-5-7-14/h3-11,13H,12H2,1-2H3,(H,25,27). The van der Waals surface area contributed by atoms with Gasteiger partial charge in [-0.15, -0.1) is 0 Å². The van der Waals surface area contributed by atoms with Crippen LogP contribution in [-0.2, 0) is 4.79 Å². The first-order valence-electron chi connectivity index (χ1n) is 9.08. The Kier molecular flexibility index (Phi) is 5.80. The first-order valence-corrected chi connectivity index (χ1v) is 10.1. The monoisotopic (exact) mass is 421 g/mol. The molecule has 0 aliphatic carbocycles. The number of fused-ring (bicyclic) bond motifs is 1. The summed E-state index contributed by atoms with van der Waals surface area (Å²) in [5, 5.41) is 8.78. The fourth-order valence-corrected chi connectivity index (χ4v) is 3.68. The van der Waals surface area contributed by atoms with Crippen LogP contribution in [0.25, 0.3) is 16.7 Å².